The van der Waals surface area contributed by atoms with Crippen molar-refractivity contribution in [3.8, 4) is 0 Å². The molecule has 0 saturated carbocycles. The van der Waals surface area contributed by atoms with Gasteiger partial charge in [-0.2, -0.15) is 0 Å². The Morgan fingerprint density at radius 1 is 1.38 bits per heavy atom. The Labute approximate surface area is 128 Å². The number of aryl methyl sites for hydroxylation is 1. The van der Waals surface area contributed by atoms with Crippen molar-refractivity contribution in [2.45, 2.75) is 46.3 Å². The van der Waals surface area contributed by atoms with Crippen LogP contribution in [-0.4, -0.2) is 32.8 Å². The summed E-state index contributed by atoms with van der Waals surface area (Å²) in [4.78, 5) is 28.2. The van der Waals surface area contributed by atoms with Crippen LogP contribution in [-0.2, 0) is 4.74 Å². The van der Waals surface area contributed by atoms with Gasteiger partial charge in [0.2, 0.25) is 0 Å². The molecule has 1 atom stereocenters. The molecule has 0 radical (unpaired) electrons. The number of pyridine rings is 1. The predicted octanol–water partition coefficient (Wildman–Crippen LogP) is 4.02. The summed E-state index contributed by atoms with van der Waals surface area (Å²) >= 11 is 5.78. The number of carbonyl (C=O) groups excluding carboxylic acids is 1. The van der Waals surface area contributed by atoms with E-state index < -0.39 is 23.8 Å². The number of rotatable bonds is 2. The van der Waals surface area contributed by atoms with Gasteiger partial charge in [0, 0.05) is 5.69 Å². The topological polar surface area (TPSA) is 79.7 Å². The first kappa shape index (κ1) is 17.2. The Morgan fingerprint density at radius 3 is 2.38 bits per heavy atom. The monoisotopic (exact) mass is 314 g/mol. The Bertz CT molecular complexity index is 554. The second-order valence-electron chi connectivity index (χ2n) is 5.62. The molecule has 0 bridgehead atoms. The van der Waals surface area contributed by atoms with E-state index >= 15 is 0 Å². The molecule has 116 valence electrons. The standard InChI is InChI=1S/C14H19ClN2O4/c1-8-10(6-7-11(15)16-8)9(2)17(12(18)19)13(20)21-14(3,4)5/h6-7,9H,1-5H3,(H,18,19). The van der Waals surface area contributed by atoms with Crippen LogP contribution in [0.4, 0.5) is 9.59 Å². The van der Waals surface area contributed by atoms with Crippen molar-refractivity contribution >= 4 is 23.8 Å². The number of halogens is 1. The summed E-state index contributed by atoms with van der Waals surface area (Å²) < 4.78 is 5.13. The van der Waals surface area contributed by atoms with Crippen LogP contribution in [0, 0.1) is 6.92 Å². The molecular weight excluding hydrogens is 296 g/mol. The second-order valence-corrected chi connectivity index (χ2v) is 6.00. The van der Waals surface area contributed by atoms with E-state index in [2.05, 4.69) is 4.98 Å². The number of amides is 2. The molecule has 6 nitrogen and oxygen atoms in total. The van der Waals surface area contributed by atoms with Gasteiger partial charge in [-0.25, -0.2) is 19.5 Å². The zero-order valence-corrected chi connectivity index (χ0v) is 13.4. The number of nitrogens with zero attached hydrogens (tertiary/aromatic N) is 2. The van der Waals surface area contributed by atoms with Gasteiger partial charge in [-0.15, -0.1) is 0 Å². The fourth-order valence-corrected chi connectivity index (χ4v) is 2.02. The number of hydrogen-bond acceptors (Lipinski definition) is 4. The first-order valence-electron chi connectivity index (χ1n) is 6.41. The molecule has 0 aliphatic heterocycles. The lowest BCUT2D eigenvalue weighted by molar-refractivity contribution is 0.0202. The van der Waals surface area contributed by atoms with Gasteiger partial charge in [-0.3, -0.25) is 0 Å². The van der Waals surface area contributed by atoms with Crippen molar-refractivity contribution in [2.75, 3.05) is 0 Å². The molecule has 1 aromatic heterocycles. The smallest absolute Gasteiger partial charge is 0.420 e. The number of ether oxygens (including phenoxy) is 1. The third kappa shape index (κ3) is 4.60. The van der Waals surface area contributed by atoms with Crippen molar-refractivity contribution in [3.63, 3.8) is 0 Å². The normalized spacial score (nSPS) is 12.7. The summed E-state index contributed by atoms with van der Waals surface area (Å²) in [6.45, 7) is 8.31. The van der Waals surface area contributed by atoms with Crippen LogP contribution in [0.2, 0.25) is 5.15 Å². The molecule has 1 heterocycles. The SMILES string of the molecule is Cc1nc(Cl)ccc1C(C)N(C(=O)O)C(=O)OC(C)(C)C. The first-order valence-corrected chi connectivity index (χ1v) is 6.79. The van der Waals surface area contributed by atoms with Gasteiger partial charge >= 0.3 is 12.2 Å². The molecule has 0 spiro atoms. The Balaban J connectivity index is 3.11. The molecular formula is C14H19ClN2O4. The molecule has 0 saturated heterocycles. The molecule has 7 heteroatoms. The van der Waals surface area contributed by atoms with Crippen LogP contribution in [0.15, 0.2) is 12.1 Å². The van der Waals surface area contributed by atoms with Crippen molar-refractivity contribution < 1.29 is 19.4 Å². The number of aromatic nitrogens is 1. The maximum absolute atomic E-state index is 12.1. The summed E-state index contributed by atoms with van der Waals surface area (Å²) in [5.41, 5.74) is 0.370. The summed E-state index contributed by atoms with van der Waals surface area (Å²) in [7, 11) is 0. The van der Waals surface area contributed by atoms with Crippen molar-refractivity contribution in [1.29, 1.82) is 0 Å². The van der Waals surface area contributed by atoms with Crippen molar-refractivity contribution in [3.05, 3.63) is 28.5 Å². The highest BCUT2D eigenvalue weighted by Gasteiger charge is 2.32. The molecule has 0 aliphatic rings. The maximum atomic E-state index is 12.1. The van der Waals surface area contributed by atoms with Gasteiger partial charge in [0.1, 0.15) is 10.8 Å². The van der Waals surface area contributed by atoms with Crippen LogP contribution in [0.25, 0.3) is 0 Å². The van der Waals surface area contributed by atoms with E-state index in [0.717, 1.165) is 0 Å². The van der Waals surface area contributed by atoms with Crippen LogP contribution < -0.4 is 0 Å². The van der Waals surface area contributed by atoms with Crippen LogP contribution in [0.3, 0.4) is 0 Å². The lowest BCUT2D eigenvalue weighted by Gasteiger charge is -2.28. The van der Waals surface area contributed by atoms with Gasteiger partial charge in [0.05, 0.1) is 6.04 Å². The minimum absolute atomic E-state index is 0.308. The second kappa shape index (κ2) is 6.30. The summed E-state index contributed by atoms with van der Waals surface area (Å²) in [5, 5.41) is 9.60. The fraction of sp³-hybridized carbons (Fsp3) is 0.500. The molecule has 0 fully saturated rings. The summed E-state index contributed by atoms with van der Waals surface area (Å²) in [5.74, 6) is 0. The Morgan fingerprint density at radius 2 is 1.95 bits per heavy atom. The van der Waals surface area contributed by atoms with E-state index in [1.165, 1.54) is 0 Å². The largest absolute Gasteiger partial charge is 0.465 e. The molecule has 1 N–H and O–H groups in total. The molecule has 21 heavy (non-hydrogen) atoms. The average molecular weight is 315 g/mol. The average Bonchev–Trinajstić information content (AvgIpc) is 2.25. The van der Waals surface area contributed by atoms with Crippen molar-refractivity contribution in [1.82, 2.24) is 9.88 Å². The van der Waals surface area contributed by atoms with Gasteiger partial charge < -0.3 is 9.84 Å². The minimum Gasteiger partial charge on any atom is -0.465 e. The molecule has 1 aromatic rings. The van der Waals surface area contributed by atoms with E-state index in [0.29, 0.717) is 21.3 Å². The third-order valence-electron chi connectivity index (χ3n) is 2.73. The van der Waals surface area contributed by atoms with Crippen LogP contribution >= 0.6 is 11.6 Å². The van der Waals surface area contributed by atoms with E-state index in [4.69, 9.17) is 16.3 Å². The number of carboxylic acid groups (broad SMARTS) is 1. The number of hydrogen-bond donors (Lipinski definition) is 1. The van der Waals surface area contributed by atoms with E-state index in [9.17, 15) is 14.7 Å². The zero-order chi connectivity index (χ0) is 16.4. The van der Waals surface area contributed by atoms with Crippen LogP contribution in [0.1, 0.15) is 45.0 Å². The van der Waals surface area contributed by atoms with Gasteiger partial charge in [0.25, 0.3) is 0 Å². The Kier molecular flexibility index (Phi) is 5.17. The molecule has 2 amide bonds. The Hall–Kier alpha value is -1.82. The number of carbonyl (C=O) groups is 2. The molecule has 0 aliphatic carbocycles. The number of imide groups is 1. The van der Waals surface area contributed by atoms with E-state index in [1.807, 2.05) is 0 Å². The highest BCUT2D eigenvalue weighted by atomic mass is 35.5. The van der Waals surface area contributed by atoms with E-state index in [-0.39, 0.29) is 0 Å². The summed E-state index contributed by atoms with van der Waals surface area (Å²) in [6, 6.07) is 2.47. The summed E-state index contributed by atoms with van der Waals surface area (Å²) in [6.07, 6.45) is -2.30. The molecule has 0 aromatic carbocycles. The molecule has 1 unspecified atom stereocenters. The quantitative estimate of drug-likeness (QED) is 0.834. The van der Waals surface area contributed by atoms with Crippen molar-refractivity contribution in [2.24, 2.45) is 0 Å². The van der Waals surface area contributed by atoms with E-state index in [1.54, 1.807) is 46.8 Å². The zero-order valence-electron chi connectivity index (χ0n) is 12.7. The van der Waals surface area contributed by atoms with Crippen LogP contribution in [0.5, 0.6) is 0 Å². The van der Waals surface area contributed by atoms with Gasteiger partial charge in [0.15, 0.2) is 0 Å². The van der Waals surface area contributed by atoms with Gasteiger partial charge in [-0.1, -0.05) is 17.7 Å². The molecule has 1 rings (SSSR count). The third-order valence-corrected chi connectivity index (χ3v) is 2.94. The minimum atomic E-state index is -1.38. The highest BCUT2D eigenvalue weighted by molar-refractivity contribution is 6.29. The lowest BCUT2D eigenvalue weighted by atomic mass is 10.1. The predicted molar refractivity (Wildman–Crippen MR) is 78.5 cm³/mol. The highest BCUT2D eigenvalue weighted by Crippen LogP contribution is 2.25. The maximum Gasteiger partial charge on any atom is 0.420 e. The lowest BCUT2D eigenvalue weighted by Crippen LogP contribution is -2.41. The fourth-order valence-electron chi connectivity index (χ4n) is 1.83. The first-order chi connectivity index (χ1) is 9.53. The van der Waals surface area contributed by atoms with Gasteiger partial charge in [-0.05, 0) is 46.2 Å².